The number of fused-ring (bicyclic) bond motifs is 1. The lowest BCUT2D eigenvalue weighted by Crippen LogP contribution is -2.32. The molecule has 0 fully saturated rings. The number of amides is 1. The van der Waals surface area contributed by atoms with Crippen molar-refractivity contribution < 1.29 is 4.79 Å². The van der Waals surface area contributed by atoms with Crippen LogP contribution in [0.3, 0.4) is 0 Å². The molecule has 0 spiro atoms. The molecule has 0 atom stereocenters. The molecule has 0 unspecified atom stereocenters. The van der Waals surface area contributed by atoms with Crippen molar-refractivity contribution >= 4 is 17.3 Å². The van der Waals surface area contributed by atoms with Crippen LogP contribution in [-0.4, -0.2) is 26.0 Å². The summed E-state index contributed by atoms with van der Waals surface area (Å²) in [6, 6.07) is 8.19. The van der Waals surface area contributed by atoms with E-state index in [1.807, 2.05) is 17.0 Å². The number of carbonyl (C=O) groups excluding carboxylic acids is 1. The topological polar surface area (TPSA) is 23.6 Å². The number of anilines is 2. The van der Waals surface area contributed by atoms with E-state index in [1.165, 1.54) is 0 Å². The molecule has 0 aliphatic carbocycles. The lowest BCUT2D eigenvalue weighted by Gasteiger charge is -2.24. The molecule has 3 nitrogen and oxygen atoms in total. The summed E-state index contributed by atoms with van der Waals surface area (Å²) < 4.78 is 0. The molecule has 0 N–H and O–H groups in total. The lowest BCUT2D eigenvalue weighted by molar-refractivity contribution is -0.119. The van der Waals surface area contributed by atoms with E-state index in [4.69, 9.17) is 0 Å². The zero-order valence-corrected chi connectivity index (χ0v) is 11.5. The van der Waals surface area contributed by atoms with Crippen LogP contribution in [0, 0.1) is 5.92 Å². The maximum atomic E-state index is 12.3. The summed E-state index contributed by atoms with van der Waals surface area (Å²) in [5.74, 6) is 0.651. The average molecular weight is 246 g/mol. The van der Waals surface area contributed by atoms with Gasteiger partial charge in [0.25, 0.3) is 0 Å². The molecular formula is C15H22N2O. The minimum absolute atomic E-state index is 0.243. The summed E-state index contributed by atoms with van der Waals surface area (Å²) in [6.45, 7) is 6.01. The molecule has 2 rings (SSSR count). The summed E-state index contributed by atoms with van der Waals surface area (Å²) in [4.78, 5) is 16.5. The van der Waals surface area contributed by atoms with Crippen LogP contribution in [-0.2, 0) is 4.79 Å². The Bertz CT molecular complexity index is 428. The van der Waals surface area contributed by atoms with Crippen molar-refractivity contribution in [1.82, 2.24) is 0 Å². The molecule has 1 aliphatic heterocycles. The zero-order valence-electron chi connectivity index (χ0n) is 11.5. The number of rotatable bonds is 2. The summed E-state index contributed by atoms with van der Waals surface area (Å²) in [5, 5.41) is 0. The van der Waals surface area contributed by atoms with Gasteiger partial charge >= 0.3 is 0 Å². The van der Waals surface area contributed by atoms with Crippen LogP contribution in [0.1, 0.15) is 26.7 Å². The van der Waals surface area contributed by atoms with Crippen molar-refractivity contribution in [3.05, 3.63) is 24.3 Å². The van der Waals surface area contributed by atoms with Gasteiger partial charge in [0.05, 0.1) is 11.4 Å². The Morgan fingerprint density at radius 3 is 2.56 bits per heavy atom. The first-order valence-electron chi connectivity index (χ1n) is 6.70. The predicted molar refractivity (Wildman–Crippen MR) is 76.1 cm³/mol. The number of hydrogen-bond acceptors (Lipinski definition) is 2. The van der Waals surface area contributed by atoms with E-state index in [0.29, 0.717) is 12.3 Å². The van der Waals surface area contributed by atoms with Gasteiger partial charge in [-0.25, -0.2) is 0 Å². The van der Waals surface area contributed by atoms with Crippen LogP contribution in [0.4, 0.5) is 11.4 Å². The molecule has 0 aromatic heterocycles. The third-order valence-corrected chi connectivity index (χ3v) is 3.34. The van der Waals surface area contributed by atoms with E-state index in [-0.39, 0.29) is 5.91 Å². The molecule has 98 valence electrons. The minimum atomic E-state index is 0.243. The highest BCUT2D eigenvalue weighted by Gasteiger charge is 2.23. The van der Waals surface area contributed by atoms with Crippen molar-refractivity contribution in [1.29, 1.82) is 0 Å². The highest BCUT2D eigenvalue weighted by molar-refractivity contribution is 5.97. The van der Waals surface area contributed by atoms with Gasteiger partial charge in [-0.1, -0.05) is 26.0 Å². The van der Waals surface area contributed by atoms with E-state index >= 15 is 0 Å². The molecule has 18 heavy (non-hydrogen) atoms. The van der Waals surface area contributed by atoms with Gasteiger partial charge in [0.15, 0.2) is 0 Å². The fourth-order valence-corrected chi connectivity index (χ4v) is 2.44. The Balaban J connectivity index is 2.31. The fraction of sp³-hybridized carbons (Fsp3) is 0.533. The maximum absolute atomic E-state index is 12.3. The van der Waals surface area contributed by atoms with Crippen LogP contribution >= 0.6 is 0 Å². The van der Waals surface area contributed by atoms with Gasteiger partial charge in [-0.05, 0) is 24.5 Å². The van der Waals surface area contributed by atoms with Gasteiger partial charge in [0.2, 0.25) is 5.91 Å². The van der Waals surface area contributed by atoms with Crippen molar-refractivity contribution in [2.45, 2.75) is 26.7 Å². The second kappa shape index (κ2) is 5.42. The zero-order chi connectivity index (χ0) is 13.1. The smallest absolute Gasteiger partial charge is 0.227 e. The first-order valence-corrected chi connectivity index (χ1v) is 6.70. The predicted octanol–water partition coefficient (Wildman–Crippen LogP) is 2.91. The minimum Gasteiger partial charge on any atom is -0.373 e. The summed E-state index contributed by atoms with van der Waals surface area (Å²) in [7, 11) is 2.09. The summed E-state index contributed by atoms with van der Waals surface area (Å²) in [5.41, 5.74) is 2.22. The van der Waals surface area contributed by atoms with E-state index in [2.05, 4.69) is 37.9 Å². The number of hydrogen-bond donors (Lipinski definition) is 0. The number of carbonyl (C=O) groups is 1. The quantitative estimate of drug-likeness (QED) is 0.801. The van der Waals surface area contributed by atoms with Crippen LogP contribution in [0.5, 0.6) is 0 Å². The molecule has 3 heteroatoms. The van der Waals surface area contributed by atoms with Gasteiger partial charge in [0, 0.05) is 26.6 Å². The third-order valence-electron chi connectivity index (χ3n) is 3.34. The molecule has 0 radical (unpaired) electrons. The average Bonchev–Trinajstić information content (AvgIpc) is 2.49. The Morgan fingerprint density at radius 2 is 1.89 bits per heavy atom. The number of nitrogens with zero attached hydrogens (tertiary/aromatic N) is 2. The molecule has 0 saturated carbocycles. The van der Waals surface area contributed by atoms with Crippen LogP contribution in [0.2, 0.25) is 0 Å². The molecule has 1 aromatic carbocycles. The van der Waals surface area contributed by atoms with Crippen molar-refractivity contribution in [2.24, 2.45) is 5.92 Å². The maximum Gasteiger partial charge on any atom is 0.227 e. The fourth-order valence-electron chi connectivity index (χ4n) is 2.44. The largest absolute Gasteiger partial charge is 0.373 e. The molecular weight excluding hydrogens is 224 g/mol. The third kappa shape index (κ3) is 2.66. The number of para-hydroxylation sites is 2. The van der Waals surface area contributed by atoms with E-state index in [9.17, 15) is 4.79 Å². The Labute approximate surface area is 109 Å². The molecule has 1 heterocycles. The molecule has 1 aliphatic rings. The van der Waals surface area contributed by atoms with Gasteiger partial charge in [-0.2, -0.15) is 0 Å². The molecule has 0 saturated heterocycles. The molecule has 0 bridgehead atoms. The lowest BCUT2D eigenvalue weighted by atomic mass is 10.1. The van der Waals surface area contributed by atoms with Gasteiger partial charge in [0.1, 0.15) is 0 Å². The van der Waals surface area contributed by atoms with Crippen molar-refractivity contribution in [2.75, 3.05) is 29.9 Å². The normalized spacial score (nSPS) is 15.6. The van der Waals surface area contributed by atoms with Crippen molar-refractivity contribution in [3.8, 4) is 0 Å². The first-order chi connectivity index (χ1) is 8.59. The Kier molecular flexibility index (Phi) is 3.90. The summed E-state index contributed by atoms with van der Waals surface area (Å²) >= 11 is 0. The van der Waals surface area contributed by atoms with Gasteiger partial charge in [-0.15, -0.1) is 0 Å². The Morgan fingerprint density at radius 1 is 1.22 bits per heavy atom. The van der Waals surface area contributed by atoms with Crippen LogP contribution in [0.25, 0.3) is 0 Å². The SMILES string of the molecule is CC(C)CC(=O)N1CCCN(C)c2ccccc21. The number of benzene rings is 1. The van der Waals surface area contributed by atoms with Crippen LogP contribution < -0.4 is 9.80 Å². The molecule has 1 amide bonds. The van der Waals surface area contributed by atoms with Crippen molar-refractivity contribution in [3.63, 3.8) is 0 Å². The van der Waals surface area contributed by atoms with Gasteiger partial charge in [-0.3, -0.25) is 4.79 Å². The second-order valence-electron chi connectivity index (χ2n) is 5.41. The first kappa shape index (κ1) is 12.9. The van der Waals surface area contributed by atoms with Crippen LogP contribution in [0.15, 0.2) is 24.3 Å². The second-order valence-corrected chi connectivity index (χ2v) is 5.41. The highest BCUT2D eigenvalue weighted by atomic mass is 16.2. The van der Waals surface area contributed by atoms with Gasteiger partial charge < -0.3 is 9.80 Å². The Hall–Kier alpha value is -1.51. The van der Waals surface area contributed by atoms with E-state index in [1.54, 1.807) is 0 Å². The van der Waals surface area contributed by atoms with E-state index < -0.39 is 0 Å². The van der Waals surface area contributed by atoms with E-state index in [0.717, 1.165) is 30.9 Å². The monoisotopic (exact) mass is 246 g/mol. The standard InChI is InChI=1S/C15H22N2O/c1-12(2)11-15(18)17-10-6-9-16(3)13-7-4-5-8-14(13)17/h4-5,7-8,12H,6,9-11H2,1-3H3. The summed E-state index contributed by atoms with van der Waals surface area (Å²) in [6.07, 6.45) is 1.65. The molecule has 1 aromatic rings. The highest BCUT2D eigenvalue weighted by Crippen LogP contribution is 2.31.